The van der Waals surface area contributed by atoms with Gasteiger partial charge < -0.3 is 4.74 Å². The van der Waals surface area contributed by atoms with Crippen LogP contribution in [0, 0.1) is 6.92 Å². The zero-order chi connectivity index (χ0) is 12.8. The molecule has 0 atom stereocenters. The predicted molar refractivity (Wildman–Crippen MR) is 74.6 cm³/mol. The van der Waals surface area contributed by atoms with Gasteiger partial charge in [-0.25, -0.2) is 9.97 Å². The summed E-state index contributed by atoms with van der Waals surface area (Å²) in [6.45, 7) is 1.86. The Labute approximate surface area is 117 Å². The second-order valence-electron chi connectivity index (χ2n) is 3.67. The standard InChI is InChI=1S/C13H13N3O2.ClH/c1-10-5-2-3-6-11(10)18-9-12(17)16-13-14-7-4-8-15-13;/h2-8H,9H2,1H3,(H,14,15,16,17);1H. The maximum absolute atomic E-state index is 11.6. The van der Waals surface area contributed by atoms with Crippen LogP contribution in [0.5, 0.6) is 5.75 Å². The summed E-state index contributed by atoms with van der Waals surface area (Å²) in [7, 11) is 0. The van der Waals surface area contributed by atoms with Crippen LogP contribution in [0.4, 0.5) is 5.95 Å². The van der Waals surface area contributed by atoms with Crippen molar-refractivity contribution < 1.29 is 9.53 Å². The van der Waals surface area contributed by atoms with Gasteiger partial charge in [0.25, 0.3) is 5.91 Å². The molecule has 1 heterocycles. The van der Waals surface area contributed by atoms with Crippen molar-refractivity contribution in [2.75, 3.05) is 11.9 Å². The molecule has 2 rings (SSSR count). The number of carbonyl (C=O) groups is 1. The van der Waals surface area contributed by atoms with Crippen LogP contribution < -0.4 is 10.1 Å². The Bertz CT molecular complexity index is 534. The lowest BCUT2D eigenvalue weighted by Gasteiger charge is -2.08. The van der Waals surface area contributed by atoms with Crippen molar-refractivity contribution >= 4 is 24.3 Å². The number of ether oxygens (including phenoxy) is 1. The highest BCUT2D eigenvalue weighted by molar-refractivity contribution is 5.90. The largest absolute Gasteiger partial charge is 0.483 e. The van der Waals surface area contributed by atoms with Gasteiger partial charge in [-0.1, -0.05) is 18.2 Å². The fourth-order valence-electron chi connectivity index (χ4n) is 1.39. The maximum Gasteiger partial charge on any atom is 0.264 e. The second kappa shape index (κ2) is 7.33. The van der Waals surface area contributed by atoms with E-state index in [0.717, 1.165) is 5.56 Å². The molecular weight excluding hydrogens is 266 g/mol. The third kappa shape index (κ3) is 4.56. The molecule has 0 unspecified atom stereocenters. The minimum absolute atomic E-state index is 0. The summed E-state index contributed by atoms with van der Waals surface area (Å²) in [6, 6.07) is 9.20. The number of aryl methyl sites for hydroxylation is 1. The van der Waals surface area contributed by atoms with E-state index in [4.69, 9.17) is 4.74 Å². The molecule has 0 saturated heterocycles. The lowest BCUT2D eigenvalue weighted by atomic mass is 10.2. The number of nitrogens with one attached hydrogen (secondary N) is 1. The van der Waals surface area contributed by atoms with Crippen LogP contribution in [0.15, 0.2) is 42.7 Å². The Kier molecular flexibility index (Phi) is 5.75. The third-order valence-corrected chi connectivity index (χ3v) is 2.27. The van der Waals surface area contributed by atoms with Crippen molar-refractivity contribution in [3.05, 3.63) is 48.3 Å². The molecule has 0 aliphatic rings. The zero-order valence-corrected chi connectivity index (χ0v) is 11.2. The zero-order valence-electron chi connectivity index (χ0n) is 10.4. The number of anilines is 1. The molecule has 5 nitrogen and oxygen atoms in total. The number of carbonyl (C=O) groups excluding carboxylic acids is 1. The van der Waals surface area contributed by atoms with Gasteiger partial charge in [-0.15, -0.1) is 12.4 Å². The van der Waals surface area contributed by atoms with E-state index in [-0.39, 0.29) is 30.9 Å². The molecule has 19 heavy (non-hydrogen) atoms. The highest BCUT2D eigenvalue weighted by atomic mass is 35.5. The molecule has 6 heteroatoms. The van der Waals surface area contributed by atoms with Gasteiger partial charge in [0, 0.05) is 12.4 Å². The molecule has 0 aliphatic heterocycles. The molecule has 100 valence electrons. The third-order valence-electron chi connectivity index (χ3n) is 2.27. The lowest BCUT2D eigenvalue weighted by Crippen LogP contribution is -2.21. The predicted octanol–water partition coefficient (Wildman–Crippen LogP) is 2.22. The highest BCUT2D eigenvalue weighted by Gasteiger charge is 2.05. The van der Waals surface area contributed by atoms with Crippen molar-refractivity contribution in [1.82, 2.24) is 9.97 Å². The maximum atomic E-state index is 11.6. The minimum Gasteiger partial charge on any atom is -0.483 e. The van der Waals surface area contributed by atoms with Crippen LogP contribution in [0.2, 0.25) is 0 Å². The summed E-state index contributed by atoms with van der Waals surface area (Å²) in [5.74, 6) is 0.682. The molecule has 0 spiro atoms. The Hall–Kier alpha value is -2.14. The molecular formula is C13H14ClN3O2. The van der Waals surface area contributed by atoms with E-state index in [0.29, 0.717) is 5.75 Å². The first kappa shape index (κ1) is 14.9. The van der Waals surface area contributed by atoms with Gasteiger partial charge in [0.05, 0.1) is 0 Å². The Morgan fingerprint density at radius 3 is 2.58 bits per heavy atom. The van der Waals surface area contributed by atoms with Gasteiger partial charge in [0.2, 0.25) is 5.95 Å². The van der Waals surface area contributed by atoms with Crippen molar-refractivity contribution in [3.63, 3.8) is 0 Å². The second-order valence-corrected chi connectivity index (χ2v) is 3.67. The quantitative estimate of drug-likeness (QED) is 0.932. The number of nitrogens with zero attached hydrogens (tertiary/aromatic N) is 2. The summed E-state index contributed by atoms with van der Waals surface area (Å²) in [5, 5.41) is 2.55. The summed E-state index contributed by atoms with van der Waals surface area (Å²) in [5.41, 5.74) is 0.987. The number of para-hydroxylation sites is 1. The van der Waals surface area contributed by atoms with Crippen LogP contribution in [-0.2, 0) is 4.79 Å². The summed E-state index contributed by atoms with van der Waals surface area (Å²) in [4.78, 5) is 19.4. The first-order valence-electron chi connectivity index (χ1n) is 5.51. The van der Waals surface area contributed by atoms with Gasteiger partial charge in [-0.2, -0.15) is 0 Å². The fourth-order valence-corrected chi connectivity index (χ4v) is 1.39. The number of hydrogen-bond acceptors (Lipinski definition) is 4. The fraction of sp³-hybridized carbons (Fsp3) is 0.154. The van der Waals surface area contributed by atoms with E-state index in [1.54, 1.807) is 18.5 Å². The van der Waals surface area contributed by atoms with E-state index < -0.39 is 0 Å². The van der Waals surface area contributed by atoms with Crippen LogP contribution in [-0.4, -0.2) is 22.5 Å². The van der Waals surface area contributed by atoms with Crippen molar-refractivity contribution in [1.29, 1.82) is 0 Å². The Morgan fingerprint density at radius 1 is 1.21 bits per heavy atom. The molecule has 0 aliphatic carbocycles. The van der Waals surface area contributed by atoms with E-state index in [1.807, 2.05) is 31.2 Å². The van der Waals surface area contributed by atoms with Crippen LogP contribution in [0.25, 0.3) is 0 Å². The number of benzene rings is 1. The van der Waals surface area contributed by atoms with Gasteiger partial charge in [0.1, 0.15) is 5.75 Å². The first-order valence-corrected chi connectivity index (χ1v) is 5.51. The monoisotopic (exact) mass is 279 g/mol. The van der Waals surface area contributed by atoms with E-state index >= 15 is 0 Å². The topological polar surface area (TPSA) is 64.1 Å². The number of halogens is 1. The molecule has 1 amide bonds. The minimum atomic E-state index is -0.288. The van der Waals surface area contributed by atoms with Crippen molar-refractivity contribution in [2.24, 2.45) is 0 Å². The summed E-state index contributed by atoms with van der Waals surface area (Å²) < 4.78 is 5.40. The van der Waals surface area contributed by atoms with Gasteiger partial charge in [0.15, 0.2) is 6.61 Å². The van der Waals surface area contributed by atoms with Gasteiger partial charge >= 0.3 is 0 Å². The molecule has 1 aromatic heterocycles. The van der Waals surface area contributed by atoms with Crippen LogP contribution in [0.3, 0.4) is 0 Å². The number of aromatic nitrogens is 2. The van der Waals surface area contributed by atoms with E-state index in [2.05, 4.69) is 15.3 Å². The SMILES string of the molecule is Cc1ccccc1OCC(=O)Nc1ncccn1.Cl. The summed E-state index contributed by atoms with van der Waals surface area (Å²) >= 11 is 0. The number of rotatable bonds is 4. The smallest absolute Gasteiger partial charge is 0.264 e. The van der Waals surface area contributed by atoms with Crippen LogP contribution >= 0.6 is 12.4 Å². The van der Waals surface area contributed by atoms with E-state index in [9.17, 15) is 4.79 Å². The van der Waals surface area contributed by atoms with Crippen molar-refractivity contribution in [3.8, 4) is 5.75 Å². The van der Waals surface area contributed by atoms with E-state index in [1.165, 1.54) is 0 Å². The molecule has 0 radical (unpaired) electrons. The average molecular weight is 280 g/mol. The molecule has 0 bridgehead atoms. The molecule has 1 aromatic carbocycles. The average Bonchev–Trinajstić information content (AvgIpc) is 2.39. The molecule has 0 fully saturated rings. The number of amides is 1. The molecule has 2 aromatic rings. The van der Waals surface area contributed by atoms with Crippen LogP contribution in [0.1, 0.15) is 5.56 Å². The van der Waals surface area contributed by atoms with Gasteiger partial charge in [-0.3, -0.25) is 10.1 Å². The lowest BCUT2D eigenvalue weighted by molar-refractivity contribution is -0.118. The summed E-state index contributed by atoms with van der Waals surface area (Å²) in [6.07, 6.45) is 3.12. The number of hydrogen-bond donors (Lipinski definition) is 1. The highest BCUT2D eigenvalue weighted by Crippen LogP contribution is 2.15. The normalized spacial score (nSPS) is 9.32. The van der Waals surface area contributed by atoms with Gasteiger partial charge in [-0.05, 0) is 24.6 Å². The van der Waals surface area contributed by atoms with Crippen molar-refractivity contribution in [2.45, 2.75) is 6.92 Å². The molecule has 1 N–H and O–H groups in total. The Morgan fingerprint density at radius 2 is 1.89 bits per heavy atom. The first-order chi connectivity index (χ1) is 8.75. The molecule has 0 saturated carbocycles. The Balaban J connectivity index is 0.00000180.